The zero-order chi connectivity index (χ0) is 12.8. The fourth-order valence-electron chi connectivity index (χ4n) is 2.71. The molecule has 1 amide bonds. The van der Waals surface area contributed by atoms with E-state index in [4.69, 9.17) is 4.74 Å². The average molecular weight is 247 g/mol. The molecule has 1 aliphatic heterocycles. The van der Waals surface area contributed by atoms with E-state index in [-0.39, 0.29) is 11.5 Å². The lowest BCUT2D eigenvalue weighted by Crippen LogP contribution is -2.65. The Kier molecular flexibility index (Phi) is 2.83. The van der Waals surface area contributed by atoms with Gasteiger partial charge in [-0.05, 0) is 33.6 Å². The van der Waals surface area contributed by atoms with E-state index in [2.05, 4.69) is 0 Å². The first-order valence-electron chi connectivity index (χ1n) is 5.97. The third kappa shape index (κ3) is 2.53. The van der Waals surface area contributed by atoms with Crippen LogP contribution in [0.2, 0.25) is 0 Å². The Bertz CT molecular complexity index is 311. The fraction of sp³-hybridized carbons (Fsp3) is 0.917. The first kappa shape index (κ1) is 12.6. The summed E-state index contributed by atoms with van der Waals surface area (Å²) in [4.78, 5) is 13.2. The van der Waals surface area contributed by atoms with Crippen LogP contribution < -0.4 is 0 Å². The van der Waals surface area contributed by atoms with E-state index < -0.39 is 17.9 Å². The number of carbonyl (C=O) groups is 1. The van der Waals surface area contributed by atoms with Gasteiger partial charge in [-0.2, -0.15) is 0 Å². The van der Waals surface area contributed by atoms with Crippen molar-refractivity contribution in [2.75, 3.05) is 13.1 Å². The summed E-state index contributed by atoms with van der Waals surface area (Å²) in [6.45, 7) is 6.60. The minimum Gasteiger partial charge on any atom is -0.444 e. The number of hydrogen-bond acceptors (Lipinski definition) is 2. The Hall–Kier alpha value is -0.870. The van der Waals surface area contributed by atoms with Crippen molar-refractivity contribution in [1.29, 1.82) is 0 Å². The van der Waals surface area contributed by atoms with Gasteiger partial charge in [-0.1, -0.05) is 0 Å². The van der Waals surface area contributed by atoms with Crippen molar-refractivity contribution in [1.82, 2.24) is 4.90 Å². The molecule has 0 radical (unpaired) electrons. The number of amides is 1. The highest BCUT2D eigenvalue weighted by atomic mass is 19.3. The minimum atomic E-state index is -2.21. The SMILES string of the molecule is CC(C)(C)OC(=O)N1CC2(CC(C(F)F)C2)C1. The van der Waals surface area contributed by atoms with Gasteiger partial charge in [-0.3, -0.25) is 0 Å². The molecule has 2 fully saturated rings. The van der Waals surface area contributed by atoms with Crippen LogP contribution in [0.4, 0.5) is 13.6 Å². The van der Waals surface area contributed by atoms with Crippen LogP contribution in [-0.2, 0) is 4.74 Å². The number of hydrogen-bond donors (Lipinski definition) is 0. The Morgan fingerprint density at radius 2 is 1.88 bits per heavy atom. The molecule has 0 aromatic rings. The number of alkyl halides is 2. The van der Waals surface area contributed by atoms with Crippen molar-refractivity contribution in [3.8, 4) is 0 Å². The van der Waals surface area contributed by atoms with E-state index in [9.17, 15) is 13.6 Å². The molecule has 2 aliphatic rings. The van der Waals surface area contributed by atoms with Crippen LogP contribution in [0.1, 0.15) is 33.6 Å². The summed E-state index contributed by atoms with van der Waals surface area (Å²) in [5.74, 6) is -0.462. The van der Waals surface area contributed by atoms with Gasteiger partial charge >= 0.3 is 6.09 Å². The van der Waals surface area contributed by atoms with Crippen LogP contribution in [-0.4, -0.2) is 36.1 Å². The number of rotatable bonds is 1. The maximum Gasteiger partial charge on any atom is 0.410 e. The molecule has 2 rings (SSSR count). The van der Waals surface area contributed by atoms with Gasteiger partial charge in [-0.15, -0.1) is 0 Å². The summed E-state index contributed by atoms with van der Waals surface area (Å²) in [7, 11) is 0. The zero-order valence-electron chi connectivity index (χ0n) is 10.5. The lowest BCUT2D eigenvalue weighted by molar-refractivity contribution is -0.130. The van der Waals surface area contributed by atoms with Crippen LogP contribution in [0.25, 0.3) is 0 Å². The molecular weight excluding hydrogens is 228 g/mol. The number of nitrogens with zero attached hydrogens (tertiary/aromatic N) is 1. The van der Waals surface area contributed by atoms with Crippen LogP contribution in [0.15, 0.2) is 0 Å². The second kappa shape index (κ2) is 3.82. The molecule has 98 valence electrons. The third-order valence-corrected chi connectivity index (χ3v) is 3.45. The van der Waals surface area contributed by atoms with Crippen LogP contribution >= 0.6 is 0 Å². The van der Waals surface area contributed by atoms with E-state index in [0.717, 1.165) is 0 Å². The smallest absolute Gasteiger partial charge is 0.410 e. The summed E-state index contributed by atoms with van der Waals surface area (Å²) >= 11 is 0. The minimum absolute atomic E-state index is 0.0298. The zero-order valence-corrected chi connectivity index (χ0v) is 10.5. The van der Waals surface area contributed by atoms with Gasteiger partial charge in [0.25, 0.3) is 0 Å². The normalized spacial score (nSPS) is 23.5. The molecule has 1 aliphatic carbocycles. The van der Waals surface area contributed by atoms with Gasteiger partial charge in [0.2, 0.25) is 6.43 Å². The van der Waals surface area contributed by atoms with Crippen molar-refractivity contribution in [3.05, 3.63) is 0 Å². The second-order valence-electron chi connectivity index (χ2n) is 6.34. The van der Waals surface area contributed by atoms with E-state index in [0.29, 0.717) is 25.9 Å². The van der Waals surface area contributed by atoms with Crippen molar-refractivity contribution < 1.29 is 18.3 Å². The molecule has 17 heavy (non-hydrogen) atoms. The lowest BCUT2D eigenvalue weighted by atomic mass is 9.58. The molecule has 5 heteroatoms. The van der Waals surface area contributed by atoms with E-state index in [1.807, 2.05) is 20.8 Å². The highest BCUT2D eigenvalue weighted by Crippen LogP contribution is 2.53. The van der Waals surface area contributed by atoms with Crippen LogP contribution in [0.3, 0.4) is 0 Å². The first-order chi connectivity index (χ1) is 7.71. The van der Waals surface area contributed by atoms with Crippen molar-refractivity contribution >= 4 is 6.09 Å². The third-order valence-electron chi connectivity index (χ3n) is 3.45. The number of halogens is 2. The molecule has 0 bridgehead atoms. The van der Waals surface area contributed by atoms with E-state index >= 15 is 0 Å². The number of carbonyl (C=O) groups excluding carboxylic acids is 1. The van der Waals surface area contributed by atoms with Gasteiger partial charge in [0.1, 0.15) is 5.60 Å². The van der Waals surface area contributed by atoms with E-state index in [1.165, 1.54) is 0 Å². The van der Waals surface area contributed by atoms with Gasteiger partial charge in [0.15, 0.2) is 0 Å². The highest BCUT2D eigenvalue weighted by Gasteiger charge is 2.56. The summed E-state index contributed by atoms with van der Waals surface area (Å²) < 4.78 is 29.9. The van der Waals surface area contributed by atoms with Crippen molar-refractivity contribution in [3.63, 3.8) is 0 Å². The topological polar surface area (TPSA) is 29.5 Å². The van der Waals surface area contributed by atoms with Gasteiger partial charge in [0, 0.05) is 24.4 Å². The molecular formula is C12H19F2NO2. The van der Waals surface area contributed by atoms with Crippen molar-refractivity contribution in [2.45, 2.75) is 45.6 Å². The largest absolute Gasteiger partial charge is 0.444 e. The van der Waals surface area contributed by atoms with Gasteiger partial charge in [0.05, 0.1) is 0 Å². The Labute approximate surface area is 100 Å². The molecule has 0 N–H and O–H groups in total. The maximum absolute atomic E-state index is 12.4. The summed E-state index contributed by atoms with van der Waals surface area (Å²) in [6, 6.07) is 0. The first-order valence-corrected chi connectivity index (χ1v) is 5.97. The molecule has 1 heterocycles. The Morgan fingerprint density at radius 3 is 2.29 bits per heavy atom. The Balaban J connectivity index is 1.75. The molecule has 0 atom stereocenters. The summed E-state index contributed by atoms with van der Waals surface area (Å²) in [5.41, 5.74) is -0.525. The fourth-order valence-corrected chi connectivity index (χ4v) is 2.71. The van der Waals surface area contributed by atoms with Crippen LogP contribution in [0, 0.1) is 11.3 Å². The predicted octanol–water partition coefficient (Wildman–Crippen LogP) is 2.90. The molecule has 0 aromatic carbocycles. The Morgan fingerprint density at radius 1 is 1.35 bits per heavy atom. The predicted molar refractivity (Wildman–Crippen MR) is 59.0 cm³/mol. The van der Waals surface area contributed by atoms with Crippen LogP contribution in [0.5, 0.6) is 0 Å². The van der Waals surface area contributed by atoms with Crippen molar-refractivity contribution in [2.24, 2.45) is 11.3 Å². The standard InChI is InChI=1S/C12H19F2NO2/c1-11(2,3)17-10(16)15-6-12(7-15)4-8(5-12)9(13)14/h8-9H,4-7H2,1-3H3. The maximum atomic E-state index is 12.4. The monoisotopic (exact) mass is 247 g/mol. The molecule has 1 saturated carbocycles. The van der Waals surface area contributed by atoms with E-state index in [1.54, 1.807) is 4.90 Å². The lowest BCUT2D eigenvalue weighted by Gasteiger charge is -2.58. The second-order valence-corrected chi connectivity index (χ2v) is 6.34. The van der Waals surface area contributed by atoms with Gasteiger partial charge in [-0.25, -0.2) is 13.6 Å². The quantitative estimate of drug-likeness (QED) is 0.713. The number of ether oxygens (including phenoxy) is 1. The molecule has 3 nitrogen and oxygen atoms in total. The van der Waals surface area contributed by atoms with Gasteiger partial charge < -0.3 is 9.64 Å². The molecule has 1 spiro atoms. The molecule has 0 unspecified atom stereocenters. The highest BCUT2D eigenvalue weighted by molar-refractivity contribution is 5.69. The average Bonchev–Trinajstić information content (AvgIpc) is 1.93. The number of likely N-dealkylation sites (tertiary alicyclic amines) is 1. The molecule has 0 aromatic heterocycles. The molecule has 1 saturated heterocycles. The summed E-state index contributed by atoms with van der Waals surface area (Å²) in [6.07, 6.45) is -1.45. The summed E-state index contributed by atoms with van der Waals surface area (Å²) in [5, 5.41) is 0.